The van der Waals surface area contributed by atoms with Crippen LogP contribution >= 0.6 is 23.2 Å². The van der Waals surface area contributed by atoms with E-state index in [-0.39, 0.29) is 27.2 Å². The van der Waals surface area contributed by atoms with Crippen molar-refractivity contribution in [2.75, 3.05) is 6.54 Å². The van der Waals surface area contributed by atoms with Gasteiger partial charge in [0.1, 0.15) is 10.7 Å². The molecule has 12 heteroatoms. The van der Waals surface area contributed by atoms with E-state index in [0.717, 1.165) is 25.0 Å². The summed E-state index contributed by atoms with van der Waals surface area (Å²) in [6.45, 7) is 1.78. The Labute approximate surface area is 215 Å². The third kappa shape index (κ3) is 4.94. The van der Waals surface area contributed by atoms with Crippen LogP contribution in [0.1, 0.15) is 51.4 Å². The molecule has 1 amide bonds. The third-order valence-electron chi connectivity index (χ3n) is 5.90. The molecule has 2 aromatic carbocycles. The highest BCUT2D eigenvalue weighted by Crippen LogP contribution is 2.43. The molecular weight excluding hydrogens is 538 g/mol. The van der Waals surface area contributed by atoms with Crippen LogP contribution in [0.15, 0.2) is 46.3 Å². The summed E-state index contributed by atoms with van der Waals surface area (Å²) in [5.41, 5.74) is -0.306. The maximum atomic E-state index is 15.1. The quantitative estimate of drug-likeness (QED) is 0.398. The number of alkyl halides is 2. The molecule has 0 saturated heterocycles. The molecule has 1 aliphatic carbocycles. The summed E-state index contributed by atoms with van der Waals surface area (Å²) in [4.78, 5) is 12.4. The minimum Gasteiger partial charge on any atom is -0.346 e. The zero-order chi connectivity index (χ0) is 26.4. The first-order chi connectivity index (χ1) is 16.8. The number of amides is 1. The summed E-state index contributed by atoms with van der Waals surface area (Å²) in [5.74, 6) is -5.80. The Hall–Kier alpha value is -2.69. The number of hydrogen-bond donors (Lipinski definition) is 1. The zero-order valence-electron chi connectivity index (χ0n) is 19.1. The van der Waals surface area contributed by atoms with Crippen LogP contribution < -0.4 is 5.32 Å². The van der Waals surface area contributed by atoms with Gasteiger partial charge in [-0.3, -0.25) is 4.79 Å². The number of sulfone groups is 1. The van der Waals surface area contributed by atoms with Crippen LogP contribution in [0.2, 0.25) is 10.2 Å². The topological polar surface area (TPSA) is 89.0 Å². The summed E-state index contributed by atoms with van der Waals surface area (Å²) in [6, 6.07) is 7.89. The molecule has 0 unspecified atom stereocenters. The van der Waals surface area contributed by atoms with Crippen molar-refractivity contribution < 1.29 is 26.4 Å². The molecule has 1 saturated carbocycles. The average Bonchev–Trinajstić information content (AvgIpc) is 3.64. The van der Waals surface area contributed by atoms with Crippen molar-refractivity contribution >= 4 is 38.9 Å². The number of nitrogens with zero attached hydrogens (tertiary/aromatic N) is 2. The SMILES string of the molecule is Cc1ccc(C(F)(F)CNC(=O)c2c(S(=O)(=O)c3cccc(C4CC4)c3F)nnc(Cl)c2C)c(Cl)c1. The maximum absolute atomic E-state index is 15.1. The van der Waals surface area contributed by atoms with E-state index >= 15 is 4.39 Å². The second kappa shape index (κ2) is 9.64. The number of carbonyl (C=O) groups excluding carboxylic acids is 1. The molecule has 3 aromatic rings. The van der Waals surface area contributed by atoms with E-state index < -0.39 is 55.1 Å². The lowest BCUT2D eigenvalue weighted by Crippen LogP contribution is -2.36. The largest absolute Gasteiger partial charge is 0.346 e. The zero-order valence-corrected chi connectivity index (χ0v) is 21.4. The Kier molecular flexibility index (Phi) is 7.07. The van der Waals surface area contributed by atoms with Crippen molar-refractivity contribution in [3.8, 4) is 0 Å². The van der Waals surface area contributed by atoms with Crippen LogP contribution in [-0.4, -0.2) is 31.1 Å². The second-order valence-corrected chi connectivity index (χ2v) is 11.2. The molecule has 0 atom stereocenters. The number of hydrogen-bond acceptors (Lipinski definition) is 5. The van der Waals surface area contributed by atoms with E-state index in [9.17, 15) is 22.0 Å². The predicted molar refractivity (Wildman–Crippen MR) is 128 cm³/mol. The lowest BCUT2D eigenvalue weighted by atomic mass is 10.1. The van der Waals surface area contributed by atoms with Gasteiger partial charge in [-0.05, 0) is 55.9 Å². The van der Waals surface area contributed by atoms with Gasteiger partial charge in [-0.2, -0.15) is 8.78 Å². The first-order valence-corrected chi connectivity index (χ1v) is 13.1. The second-order valence-electron chi connectivity index (χ2n) is 8.60. The van der Waals surface area contributed by atoms with Gasteiger partial charge in [-0.1, -0.05) is 47.5 Å². The van der Waals surface area contributed by atoms with Crippen LogP contribution in [0.25, 0.3) is 0 Å². The van der Waals surface area contributed by atoms with Crippen molar-refractivity contribution in [2.24, 2.45) is 0 Å². The lowest BCUT2D eigenvalue weighted by Gasteiger charge is -2.20. The molecule has 1 fully saturated rings. The molecule has 0 aliphatic heterocycles. The van der Waals surface area contributed by atoms with Gasteiger partial charge in [0, 0.05) is 11.1 Å². The molecule has 1 aromatic heterocycles. The predicted octanol–water partition coefficient (Wildman–Crippen LogP) is 5.77. The van der Waals surface area contributed by atoms with Crippen molar-refractivity contribution in [1.29, 1.82) is 0 Å². The number of aryl methyl sites for hydroxylation is 1. The van der Waals surface area contributed by atoms with Gasteiger partial charge in [-0.15, -0.1) is 10.2 Å². The fraction of sp³-hybridized carbons (Fsp3) is 0.292. The van der Waals surface area contributed by atoms with Gasteiger partial charge in [0.25, 0.3) is 11.8 Å². The number of rotatable bonds is 7. The number of carbonyl (C=O) groups is 1. The molecule has 1 heterocycles. The van der Waals surface area contributed by atoms with E-state index in [4.69, 9.17) is 23.2 Å². The summed E-state index contributed by atoms with van der Waals surface area (Å²) in [6.07, 6.45) is 1.46. The number of nitrogens with one attached hydrogen (secondary N) is 1. The molecular formula is C24H20Cl2F3N3O3S. The van der Waals surface area contributed by atoms with Crippen LogP contribution in [-0.2, 0) is 15.8 Å². The number of aromatic nitrogens is 2. The smallest absolute Gasteiger partial charge is 0.291 e. The fourth-order valence-electron chi connectivity index (χ4n) is 3.77. The fourth-order valence-corrected chi connectivity index (χ4v) is 5.76. The van der Waals surface area contributed by atoms with Gasteiger partial charge in [0.2, 0.25) is 9.84 Å². The summed E-state index contributed by atoms with van der Waals surface area (Å²) in [7, 11) is -4.71. The molecule has 36 heavy (non-hydrogen) atoms. The summed E-state index contributed by atoms with van der Waals surface area (Å²) >= 11 is 11.9. The molecule has 1 aliphatic rings. The van der Waals surface area contributed by atoms with Crippen LogP contribution in [0.4, 0.5) is 13.2 Å². The monoisotopic (exact) mass is 557 g/mol. The van der Waals surface area contributed by atoms with Gasteiger partial charge in [0.15, 0.2) is 10.2 Å². The summed E-state index contributed by atoms with van der Waals surface area (Å²) < 4.78 is 71.7. The van der Waals surface area contributed by atoms with E-state index in [1.54, 1.807) is 6.92 Å². The number of benzene rings is 2. The maximum Gasteiger partial charge on any atom is 0.291 e. The Bertz CT molecular complexity index is 1480. The third-order valence-corrected chi connectivity index (χ3v) is 8.26. The highest BCUT2D eigenvalue weighted by atomic mass is 35.5. The standard InChI is InChI=1S/C24H20Cl2F3N3O3S/c1-12-6-9-16(17(25)10-12)24(28,29)11-30-22(33)19-13(2)21(26)31-32-23(19)36(34,35)18-5-3-4-15(20(18)27)14-7-8-14/h3-6,9-10,14H,7-8,11H2,1-2H3,(H,30,33). The molecule has 0 radical (unpaired) electrons. The minimum atomic E-state index is -4.71. The lowest BCUT2D eigenvalue weighted by molar-refractivity contribution is -0.00242. The van der Waals surface area contributed by atoms with Crippen LogP contribution in [0.3, 0.4) is 0 Å². The Balaban J connectivity index is 1.71. The van der Waals surface area contributed by atoms with Crippen molar-refractivity contribution in [1.82, 2.24) is 15.5 Å². The molecule has 190 valence electrons. The van der Waals surface area contributed by atoms with E-state index in [1.807, 2.05) is 5.32 Å². The minimum absolute atomic E-state index is 0.0863. The normalized spacial score (nSPS) is 14.1. The van der Waals surface area contributed by atoms with Crippen LogP contribution in [0, 0.1) is 19.7 Å². The Morgan fingerprint density at radius 2 is 1.83 bits per heavy atom. The molecule has 1 N–H and O–H groups in total. The molecule has 6 nitrogen and oxygen atoms in total. The van der Waals surface area contributed by atoms with Crippen molar-refractivity contribution in [3.05, 3.63) is 80.2 Å². The van der Waals surface area contributed by atoms with Gasteiger partial charge in [0.05, 0.1) is 17.1 Å². The van der Waals surface area contributed by atoms with Gasteiger partial charge in [-0.25, -0.2) is 12.8 Å². The van der Waals surface area contributed by atoms with E-state index in [1.165, 1.54) is 31.2 Å². The van der Waals surface area contributed by atoms with E-state index in [2.05, 4.69) is 10.2 Å². The first-order valence-electron chi connectivity index (χ1n) is 10.8. The molecule has 0 spiro atoms. The van der Waals surface area contributed by atoms with E-state index in [0.29, 0.717) is 5.56 Å². The first kappa shape index (κ1) is 26.4. The number of halogens is 5. The average molecular weight is 558 g/mol. The van der Waals surface area contributed by atoms with Crippen molar-refractivity contribution in [3.63, 3.8) is 0 Å². The Morgan fingerprint density at radius 1 is 1.14 bits per heavy atom. The van der Waals surface area contributed by atoms with Gasteiger partial charge >= 0.3 is 0 Å². The highest BCUT2D eigenvalue weighted by Gasteiger charge is 2.38. The Morgan fingerprint density at radius 3 is 2.47 bits per heavy atom. The molecule has 4 rings (SSSR count). The highest BCUT2D eigenvalue weighted by molar-refractivity contribution is 7.91. The van der Waals surface area contributed by atoms with Gasteiger partial charge < -0.3 is 5.32 Å². The summed E-state index contributed by atoms with van der Waals surface area (Å²) in [5, 5.41) is 7.77. The van der Waals surface area contributed by atoms with Crippen LogP contribution in [0.5, 0.6) is 0 Å². The molecule has 0 bridgehead atoms. The van der Waals surface area contributed by atoms with Crippen molar-refractivity contribution in [2.45, 2.75) is 48.5 Å².